The number of aromatic carboxylic acids is 1. The molecule has 0 aliphatic rings. The highest BCUT2D eigenvalue weighted by Gasteiger charge is 2.03. The van der Waals surface area contributed by atoms with Crippen LogP contribution < -0.4 is 4.74 Å². The quantitative estimate of drug-likeness (QED) is 0.600. The molecular formula is C17H18O5. The normalized spacial score (nSPS) is 10.4. The maximum absolute atomic E-state index is 10.8. The van der Waals surface area contributed by atoms with Crippen LogP contribution in [0.15, 0.2) is 48.5 Å². The third-order valence-corrected chi connectivity index (χ3v) is 3.06. The molecule has 0 bridgehead atoms. The van der Waals surface area contributed by atoms with Gasteiger partial charge in [0.05, 0.1) is 18.8 Å². The topological polar surface area (TPSA) is 65.0 Å². The summed E-state index contributed by atoms with van der Waals surface area (Å²) in [6, 6.07) is 14.3. The van der Waals surface area contributed by atoms with Gasteiger partial charge in [-0.1, -0.05) is 24.3 Å². The lowest BCUT2D eigenvalue weighted by molar-refractivity contribution is -0.00846. The number of carboxylic acid groups (broad SMARTS) is 1. The van der Waals surface area contributed by atoms with E-state index in [-0.39, 0.29) is 12.4 Å². The van der Waals surface area contributed by atoms with Crippen LogP contribution in [0.1, 0.15) is 10.4 Å². The van der Waals surface area contributed by atoms with Crippen LogP contribution in [0.5, 0.6) is 5.75 Å². The van der Waals surface area contributed by atoms with Crippen molar-refractivity contribution in [1.82, 2.24) is 0 Å². The van der Waals surface area contributed by atoms with Crippen molar-refractivity contribution in [3.8, 4) is 16.9 Å². The van der Waals surface area contributed by atoms with Gasteiger partial charge < -0.3 is 19.3 Å². The molecule has 0 aliphatic heterocycles. The van der Waals surface area contributed by atoms with Crippen LogP contribution in [0.2, 0.25) is 0 Å². The molecule has 0 fully saturated rings. The van der Waals surface area contributed by atoms with Crippen molar-refractivity contribution in [2.75, 3.05) is 27.1 Å². The van der Waals surface area contributed by atoms with Crippen LogP contribution in [0.25, 0.3) is 11.1 Å². The Morgan fingerprint density at radius 2 is 1.55 bits per heavy atom. The highest BCUT2D eigenvalue weighted by atomic mass is 16.7. The van der Waals surface area contributed by atoms with Crippen molar-refractivity contribution in [2.45, 2.75) is 0 Å². The summed E-state index contributed by atoms with van der Waals surface area (Å²) in [5.41, 5.74) is 2.22. The Kier molecular flexibility index (Phi) is 5.94. The van der Waals surface area contributed by atoms with Crippen LogP contribution in [0, 0.1) is 0 Å². The van der Waals surface area contributed by atoms with Crippen molar-refractivity contribution in [1.29, 1.82) is 0 Å². The van der Waals surface area contributed by atoms with Gasteiger partial charge in [-0.3, -0.25) is 0 Å². The molecule has 0 atom stereocenters. The Balaban J connectivity index is 1.92. The van der Waals surface area contributed by atoms with Gasteiger partial charge in [0.15, 0.2) is 6.79 Å². The third kappa shape index (κ3) is 4.58. The highest BCUT2D eigenvalue weighted by molar-refractivity contribution is 5.88. The molecule has 2 aromatic rings. The fourth-order valence-corrected chi connectivity index (χ4v) is 1.86. The lowest BCUT2D eigenvalue weighted by Crippen LogP contribution is -2.07. The van der Waals surface area contributed by atoms with E-state index in [1.54, 1.807) is 31.4 Å². The van der Waals surface area contributed by atoms with Crippen molar-refractivity contribution in [3.05, 3.63) is 54.1 Å². The third-order valence-electron chi connectivity index (χ3n) is 3.06. The zero-order chi connectivity index (χ0) is 15.8. The average molecular weight is 302 g/mol. The lowest BCUT2D eigenvalue weighted by Gasteiger charge is -2.08. The standard InChI is InChI=1S/C17H18O5/c1-20-10-11-21-12-22-16-8-6-14(7-9-16)13-2-4-15(5-3-13)17(18)19/h2-9H,10-12H2,1H3,(H,18,19). The number of carboxylic acids is 1. The molecule has 5 heteroatoms. The lowest BCUT2D eigenvalue weighted by atomic mass is 10.0. The van der Waals surface area contributed by atoms with Crippen molar-refractivity contribution < 1.29 is 24.1 Å². The molecule has 0 saturated heterocycles. The summed E-state index contributed by atoms with van der Waals surface area (Å²) >= 11 is 0. The summed E-state index contributed by atoms with van der Waals surface area (Å²) < 4.78 is 15.5. The molecule has 0 radical (unpaired) electrons. The minimum atomic E-state index is -0.927. The molecule has 0 spiro atoms. The predicted octanol–water partition coefficient (Wildman–Crippen LogP) is 3.05. The fourth-order valence-electron chi connectivity index (χ4n) is 1.86. The maximum Gasteiger partial charge on any atom is 0.335 e. The first-order valence-electron chi connectivity index (χ1n) is 6.84. The van der Waals surface area contributed by atoms with E-state index in [1.807, 2.05) is 24.3 Å². The van der Waals surface area contributed by atoms with E-state index in [0.717, 1.165) is 11.1 Å². The van der Waals surface area contributed by atoms with Gasteiger partial charge in [-0.25, -0.2) is 4.79 Å². The zero-order valence-electron chi connectivity index (χ0n) is 12.3. The van der Waals surface area contributed by atoms with Crippen LogP contribution in [-0.4, -0.2) is 38.2 Å². The molecule has 2 rings (SSSR count). The van der Waals surface area contributed by atoms with Gasteiger partial charge in [0, 0.05) is 7.11 Å². The molecule has 116 valence electrons. The first-order valence-corrected chi connectivity index (χ1v) is 6.84. The molecule has 0 heterocycles. The maximum atomic E-state index is 10.8. The number of methoxy groups -OCH3 is 1. The number of benzene rings is 2. The molecule has 0 saturated carbocycles. The Morgan fingerprint density at radius 1 is 0.955 bits per heavy atom. The number of ether oxygens (including phenoxy) is 3. The Bertz CT molecular complexity index is 589. The number of hydrogen-bond donors (Lipinski definition) is 1. The van der Waals surface area contributed by atoms with Gasteiger partial charge in [0.1, 0.15) is 5.75 Å². The molecule has 0 unspecified atom stereocenters. The summed E-state index contributed by atoms with van der Waals surface area (Å²) in [5.74, 6) is -0.216. The minimum absolute atomic E-state index is 0.177. The van der Waals surface area contributed by atoms with Crippen LogP contribution in [0.3, 0.4) is 0 Å². The smallest absolute Gasteiger partial charge is 0.335 e. The van der Waals surface area contributed by atoms with E-state index in [4.69, 9.17) is 19.3 Å². The van der Waals surface area contributed by atoms with Crippen LogP contribution in [0.4, 0.5) is 0 Å². The second-order valence-electron chi connectivity index (χ2n) is 4.57. The predicted molar refractivity (Wildman–Crippen MR) is 82.2 cm³/mol. The first kappa shape index (κ1) is 16.0. The van der Waals surface area contributed by atoms with Gasteiger partial charge >= 0.3 is 5.97 Å². The summed E-state index contributed by atoms with van der Waals surface area (Å²) in [6.07, 6.45) is 0. The molecule has 5 nitrogen and oxygen atoms in total. The van der Waals surface area contributed by atoms with E-state index in [2.05, 4.69) is 0 Å². The van der Waals surface area contributed by atoms with E-state index in [1.165, 1.54) is 0 Å². The molecule has 0 aliphatic carbocycles. The molecule has 0 amide bonds. The van der Waals surface area contributed by atoms with Crippen molar-refractivity contribution >= 4 is 5.97 Å². The van der Waals surface area contributed by atoms with E-state index < -0.39 is 5.97 Å². The SMILES string of the molecule is COCCOCOc1ccc(-c2ccc(C(=O)O)cc2)cc1. The Labute approximate surface area is 129 Å². The van der Waals surface area contributed by atoms with Gasteiger partial charge in [0.2, 0.25) is 0 Å². The Morgan fingerprint density at radius 3 is 2.09 bits per heavy atom. The largest absolute Gasteiger partial charge is 0.478 e. The van der Waals surface area contributed by atoms with Gasteiger partial charge in [0.25, 0.3) is 0 Å². The highest BCUT2D eigenvalue weighted by Crippen LogP contribution is 2.22. The fraction of sp³-hybridized carbons (Fsp3) is 0.235. The minimum Gasteiger partial charge on any atom is -0.478 e. The molecule has 2 aromatic carbocycles. The van der Waals surface area contributed by atoms with Gasteiger partial charge in [-0.15, -0.1) is 0 Å². The van der Waals surface area contributed by atoms with Crippen molar-refractivity contribution in [3.63, 3.8) is 0 Å². The number of carbonyl (C=O) groups is 1. The second kappa shape index (κ2) is 8.17. The van der Waals surface area contributed by atoms with Crippen LogP contribution in [-0.2, 0) is 9.47 Å². The molecular weight excluding hydrogens is 284 g/mol. The summed E-state index contributed by atoms with van der Waals surface area (Å²) in [4.78, 5) is 10.8. The van der Waals surface area contributed by atoms with Gasteiger partial charge in [-0.05, 0) is 35.4 Å². The van der Waals surface area contributed by atoms with Gasteiger partial charge in [-0.2, -0.15) is 0 Å². The average Bonchev–Trinajstić information content (AvgIpc) is 2.55. The Hall–Kier alpha value is -2.37. The molecule has 1 N–H and O–H groups in total. The second-order valence-corrected chi connectivity index (χ2v) is 4.57. The number of rotatable bonds is 8. The summed E-state index contributed by atoms with van der Waals surface area (Å²) in [7, 11) is 1.62. The summed E-state index contributed by atoms with van der Waals surface area (Å²) in [6.45, 7) is 1.20. The first-order chi connectivity index (χ1) is 10.7. The molecule has 22 heavy (non-hydrogen) atoms. The molecule has 0 aromatic heterocycles. The van der Waals surface area contributed by atoms with E-state index in [0.29, 0.717) is 19.0 Å². The zero-order valence-corrected chi connectivity index (χ0v) is 12.3. The van der Waals surface area contributed by atoms with Crippen LogP contribution >= 0.6 is 0 Å². The van der Waals surface area contributed by atoms with Crippen molar-refractivity contribution in [2.24, 2.45) is 0 Å². The monoisotopic (exact) mass is 302 g/mol. The van der Waals surface area contributed by atoms with E-state index >= 15 is 0 Å². The summed E-state index contributed by atoms with van der Waals surface area (Å²) in [5, 5.41) is 8.88. The van der Waals surface area contributed by atoms with E-state index in [9.17, 15) is 4.79 Å². The number of hydrogen-bond acceptors (Lipinski definition) is 4.